The Labute approximate surface area is 166 Å². The molecule has 2 aromatic heterocycles. The van der Waals surface area contributed by atoms with Gasteiger partial charge in [0.05, 0.1) is 0 Å². The molecule has 1 amide bonds. The van der Waals surface area contributed by atoms with Gasteiger partial charge in [-0.05, 0) is 51.2 Å². The van der Waals surface area contributed by atoms with Crippen LogP contribution in [0.5, 0.6) is 0 Å². The third-order valence-corrected chi connectivity index (χ3v) is 5.93. The van der Waals surface area contributed by atoms with E-state index in [4.69, 9.17) is 0 Å². The number of hydrogen-bond donors (Lipinski definition) is 2. The molecule has 0 bridgehead atoms. The second-order valence-corrected chi connectivity index (χ2v) is 7.74. The molecule has 28 heavy (non-hydrogen) atoms. The minimum absolute atomic E-state index is 0.240. The van der Waals surface area contributed by atoms with E-state index in [2.05, 4.69) is 36.6 Å². The van der Waals surface area contributed by atoms with Gasteiger partial charge < -0.3 is 15.5 Å². The number of nitrogens with zero attached hydrogens (tertiary/aromatic N) is 4. The number of pyridine rings is 1. The number of amides is 1. The zero-order valence-corrected chi connectivity index (χ0v) is 16.8. The Bertz CT molecular complexity index is 883. The Balaban J connectivity index is 1.50. The fourth-order valence-electron chi connectivity index (χ4n) is 4.29. The lowest BCUT2D eigenvalue weighted by molar-refractivity contribution is 0.0952. The van der Waals surface area contributed by atoms with E-state index in [9.17, 15) is 4.79 Å². The number of hydrogen-bond acceptors (Lipinski definition) is 6. The maximum atomic E-state index is 12.0. The predicted octanol–water partition coefficient (Wildman–Crippen LogP) is 2.09. The number of rotatable bonds is 4. The average molecular weight is 380 g/mol. The largest absolute Gasteiger partial charge is 0.355 e. The van der Waals surface area contributed by atoms with Gasteiger partial charge in [0, 0.05) is 55.4 Å². The number of aromatic nitrogens is 3. The minimum Gasteiger partial charge on any atom is -0.355 e. The summed E-state index contributed by atoms with van der Waals surface area (Å²) in [6, 6.07) is 5.01. The molecule has 0 spiro atoms. The zero-order valence-electron chi connectivity index (χ0n) is 16.8. The topological polar surface area (TPSA) is 83.0 Å². The Hall–Kier alpha value is -2.54. The molecular weight excluding hydrogens is 352 g/mol. The molecule has 7 heteroatoms. The van der Waals surface area contributed by atoms with Gasteiger partial charge in [-0.1, -0.05) is 6.07 Å². The molecule has 0 saturated carbocycles. The molecule has 1 fully saturated rings. The highest BCUT2D eigenvalue weighted by Gasteiger charge is 2.30. The van der Waals surface area contributed by atoms with Crippen molar-refractivity contribution >= 4 is 11.7 Å². The Morgan fingerprint density at radius 2 is 2.11 bits per heavy atom. The van der Waals surface area contributed by atoms with Crippen LogP contribution in [-0.2, 0) is 6.42 Å². The molecule has 4 rings (SSSR count). The average Bonchev–Trinajstić information content (AvgIpc) is 3.18. The van der Waals surface area contributed by atoms with Crippen LogP contribution in [0.4, 0.5) is 5.82 Å². The summed E-state index contributed by atoms with van der Waals surface area (Å²) >= 11 is 0. The normalized spacial score (nSPS) is 21.5. The molecule has 3 heterocycles. The van der Waals surface area contributed by atoms with Crippen LogP contribution < -0.4 is 15.5 Å². The van der Waals surface area contributed by atoms with E-state index in [1.807, 2.05) is 26.1 Å². The maximum Gasteiger partial charge on any atom is 0.288 e. The van der Waals surface area contributed by atoms with Crippen LogP contribution in [0.15, 0.2) is 18.3 Å². The molecule has 1 aliphatic carbocycles. The Morgan fingerprint density at radius 3 is 2.93 bits per heavy atom. The molecule has 148 valence electrons. The van der Waals surface area contributed by atoms with Crippen molar-refractivity contribution in [1.29, 1.82) is 0 Å². The lowest BCUT2D eigenvalue weighted by Gasteiger charge is -2.28. The van der Waals surface area contributed by atoms with Crippen LogP contribution in [0.2, 0.25) is 0 Å². The van der Waals surface area contributed by atoms with Crippen LogP contribution >= 0.6 is 0 Å². The van der Waals surface area contributed by atoms with Crippen LogP contribution in [-0.4, -0.2) is 47.0 Å². The first-order valence-corrected chi connectivity index (χ1v) is 10.1. The second kappa shape index (κ2) is 7.83. The van der Waals surface area contributed by atoms with Crippen LogP contribution in [0.1, 0.15) is 58.4 Å². The van der Waals surface area contributed by atoms with Crippen LogP contribution in [0.25, 0.3) is 0 Å². The summed E-state index contributed by atoms with van der Waals surface area (Å²) < 4.78 is 0. The smallest absolute Gasteiger partial charge is 0.288 e. The van der Waals surface area contributed by atoms with Crippen molar-refractivity contribution in [3.63, 3.8) is 0 Å². The summed E-state index contributed by atoms with van der Waals surface area (Å²) in [5, 5.41) is 6.47. The van der Waals surface area contributed by atoms with Gasteiger partial charge in [-0.2, -0.15) is 0 Å². The lowest BCUT2D eigenvalue weighted by atomic mass is 9.91. The van der Waals surface area contributed by atoms with Gasteiger partial charge >= 0.3 is 0 Å². The van der Waals surface area contributed by atoms with Gasteiger partial charge in [0.2, 0.25) is 5.82 Å². The van der Waals surface area contributed by atoms with Gasteiger partial charge in [-0.15, -0.1) is 0 Å². The second-order valence-electron chi connectivity index (χ2n) is 7.74. The molecule has 2 N–H and O–H groups in total. The standard InChI is InChI=1S/C21H28N6O/c1-13-14(2)24-19(21(28)22-3)26-20(13)27-11-9-15(12-27)25-18-8-4-7-17-16(18)6-5-10-23-17/h5-6,10,15,18,25H,4,7-9,11-12H2,1-3H3,(H,22,28)/t15-,18?/m1/s1. The SMILES string of the molecule is CNC(=O)c1nc(C)c(C)c(N2CC[C@@H](NC3CCCc4ncccc43)C2)n1. The number of carbonyl (C=O) groups excluding carboxylic acids is 1. The minimum atomic E-state index is -0.246. The van der Waals surface area contributed by atoms with Crippen LogP contribution in [0, 0.1) is 13.8 Å². The molecule has 2 atom stereocenters. The summed E-state index contributed by atoms with van der Waals surface area (Å²) in [4.78, 5) is 27.8. The molecule has 7 nitrogen and oxygen atoms in total. The monoisotopic (exact) mass is 380 g/mol. The number of nitrogens with one attached hydrogen (secondary N) is 2. The third kappa shape index (κ3) is 3.58. The summed E-state index contributed by atoms with van der Waals surface area (Å²) in [7, 11) is 1.60. The number of carbonyl (C=O) groups is 1. The molecule has 0 radical (unpaired) electrons. The molecule has 1 aliphatic heterocycles. The van der Waals surface area contributed by atoms with E-state index in [0.717, 1.165) is 49.4 Å². The van der Waals surface area contributed by atoms with Crippen molar-refractivity contribution in [1.82, 2.24) is 25.6 Å². The summed E-state index contributed by atoms with van der Waals surface area (Å²) in [5.41, 5.74) is 4.48. The highest BCUT2D eigenvalue weighted by molar-refractivity contribution is 5.90. The first kappa shape index (κ1) is 18.8. The van der Waals surface area contributed by atoms with Gasteiger partial charge in [0.1, 0.15) is 5.82 Å². The van der Waals surface area contributed by atoms with Gasteiger partial charge in [-0.3, -0.25) is 9.78 Å². The van der Waals surface area contributed by atoms with Crippen molar-refractivity contribution in [3.8, 4) is 0 Å². The Morgan fingerprint density at radius 1 is 1.25 bits per heavy atom. The van der Waals surface area contributed by atoms with Gasteiger partial charge in [0.25, 0.3) is 5.91 Å². The number of fused-ring (bicyclic) bond motifs is 1. The first-order valence-electron chi connectivity index (χ1n) is 10.1. The summed E-state index contributed by atoms with van der Waals surface area (Å²) in [5.74, 6) is 0.870. The van der Waals surface area contributed by atoms with Gasteiger partial charge in [-0.25, -0.2) is 9.97 Å². The van der Waals surface area contributed by atoms with E-state index in [-0.39, 0.29) is 11.7 Å². The van der Waals surface area contributed by atoms with Crippen molar-refractivity contribution < 1.29 is 4.79 Å². The van der Waals surface area contributed by atoms with E-state index in [0.29, 0.717) is 12.1 Å². The molecular formula is C21H28N6O. The molecule has 0 aromatic carbocycles. The lowest BCUT2D eigenvalue weighted by Crippen LogP contribution is -2.37. The summed E-state index contributed by atoms with van der Waals surface area (Å²) in [6.07, 6.45) is 6.36. The van der Waals surface area contributed by atoms with Gasteiger partial charge in [0.15, 0.2) is 0 Å². The number of aryl methyl sites for hydroxylation is 2. The summed E-state index contributed by atoms with van der Waals surface area (Å²) in [6.45, 7) is 5.78. The highest BCUT2D eigenvalue weighted by Crippen LogP contribution is 2.30. The number of anilines is 1. The van der Waals surface area contributed by atoms with Crippen molar-refractivity contribution in [3.05, 3.63) is 46.7 Å². The molecule has 1 unspecified atom stereocenters. The van der Waals surface area contributed by atoms with E-state index < -0.39 is 0 Å². The van der Waals surface area contributed by atoms with Crippen molar-refractivity contribution in [2.45, 2.75) is 51.6 Å². The Kier molecular flexibility index (Phi) is 5.26. The van der Waals surface area contributed by atoms with E-state index >= 15 is 0 Å². The van der Waals surface area contributed by atoms with E-state index in [1.165, 1.54) is 17.7 Å². The van der Waals surface area contributed by atoms with E-state index in [1.54, 1.807) is 7.05 Å². The maximum absolute atomic E-state index is 12.0. The molecule has 2 aromatic rings. The third-order valence-electron chi connectivity index (χ3n) is 5.93. The first-order chi connectivity index (χ1) is 13.6. The fourth-order valence-corrected chi connectivity index (χ4v) is 4.29. The van der Waals surface area contributed by atoms with Crippen molar-refractivity contribution in [2.75, 3.05) is 25.0 Å². The molecule has 2 aliphatic rings. The quantitative estimate of drug-likeness (QED) is 0.845. The fraction of sp³-hybridized carbons (Fsp3) is 0.524. The predicted molar refractivity (Wildman–Crippen MR) is 109 cm³/mol. The highest BCUT2D eigenvalue weighted by atomic mass is 16.2. The van der Waals surface area contributed by atoms with Crippen LogP contribution in [0.3, 0.4) is 0 Å². The molecule has 1 saturated heterocycles. The van der Waals surface area contributed by atoms with Crippen molar-refractivity contribution in [2.24, 2.45) is 0 Å². The zero-order chi connectivity index (χ0) is 19.7.